The average Bonchev–Trinajstić information content (AvgIpc) is 3.35. The molecule has 3 aromatic rings. The number of aromatic carboxylic acids is 1. The van der Waals surface area contributed by atoms with E-state index < -0.39 is 10.9 Å². The molecule has 1 heterocycles. The Morgan fingerprint density at radius 2 is 1.85 bits per heavy atom. The lowest BCUT2D eigenvalue weighted by Gasteiger charge is -2.23. The van der Waals surface area contributed by atoms with E-state index in [9.17, 15) is 24.8 Å². The minimum Gasteiger partial charge on any atom is -0.493 e. The van der Waals surface area contributed by atoms with Gasteiger partial charge in [0.1, 0.15) is 17.1 Å². The van der Waals surface area contributed by atoms with Crippen LogP contribution in [0, 0.1) is 22.5 Å². The van der Waals surface area contributed by atoms with Crippen molar-refractivity contribution in [3.8, 4) is 17.0 Å². The van der Waals surface area contributed by atoms with Crippen LogP contribution in [0.1, 0.15) is 88.1 Å². The molecule has 40 heavy (non-hydrogen) atoms. The van der Waals surface area contributed by atoms with Gasteiger partial charge in [-0.15, -0.1) is 0 Å². The Morgan fingerprint density at radius 1 is 1.18 bits per heavy atom. The number of aromatic nitrogens is 2. The summed E-state index contributed by atoms with van der Waals surface area (Å²) in [7, 11) is 0. The van der Waals surface area contributed by atoms with Crippen LogP contribution in [0.5, 0.6) is 5.75 Å². The van der Waals surface area contributed by atoms with Gasteiger partial charge in [-0.3, -0.25) is 14.9 Å². The van der Waals surface area contributed by atoms with Crippen LogP contribution in [-0.4, -0.2) is 38.5 Å². The Labute approximate surface area is 235 Å². The lowest BCUT2D eigenvalue weighted by atomic mass is 9.86. The summed E-state index contributed by atoms with van der Waals surface area (Å²) in [5, 5.41) is 22.8. The standard InChI is InChI=1S/C20H31NO4.C10H9N3O2/c1-6-8-11-25-17-10-9-15(12-16(17)19(23)24)14(3)21-18(22)13-20(4,5)7-2;1-7-11-6-10(12-7)8-2-4-9(5-3-8)13(14)15/h9-10,12,14H,6-8,11,13H2,1-5H3,(H,21,22)(H,23,24);2-6H,1H3,(H,11,12). The summed E-state index contributed by atoms with van der Waals surface area (Å²) < 4.78 is 5.57. The Hall–Kier alpha value is -4.21. The number of imidazole rings is 1. The van der Waals surface area contributed by atoms with E-state index in [0.29, 0.717) is 18.8 Å². The molecule has 0 fully saturated rings. The SMILES string of the molecule is CCCCOc1ccc(C(C)NC(=O)CC(C)(C)CC)cc1C(=O)O.Cc1ncc(-c2ccc([N+](=O)[O-])cc2)[nH]1. The van der Waals surface area contributed by atoms with Gasteiger partial charge in [-0.05, 0) is 55.5 Å². The van der Waals surface area contributed by atoms with Crippen molar-refractivity contribution in [3.05, 3.63) is 75.7 Å². The summed E-state index contributed by atoms with van der Waals surface area (Å²) in [4.78, 5) is 40.9. The van der Waals surface area contributed by atoms with Crippen LogP contribution in [0.4, 0.5) is 5.69 Å². The summed E-state index contributed by atoms with van der Waals surface area (Å²) in [6.07, 6.45) is 4.92. The molecule has 216 valence electrons. The molecule has 0 spiro atoms. The number of hydrogen-bond acceptors (Lipinski definition) is 6. The summed E-state index contributed by atoms with van der Waals surface area (Å²) >= 11 is 0. The number of H-pyrrole nitrogens is 1. The molecule has 0 saturated heterocycles. The maximum Gasteiger partial charge on any atom is 0.339 e. The number of carbonyl (C=O) groups excluding carboxylic acids is 1. The number of aromatic amines is 1. The smallest absolute Gasteiger partial charge is 0.339 e. The van der Waals surface area contributed by atoms with E-state index in [4.69, 9.17) is 4.74 Å². The predicted molar refractivity (Wildman–Crippen MR) is 154 cm³/mol. The van der Waals surface area contributed by atoms with Crippen molar-refractivity contribution in [3.63, 3.8) is 0 Å². The molecule has 0 bridgehead atoms. The number of amides is 1. The third-order valence-electron chi connectivity index (χ3n) is 6.56. The number of rotatable bonds is 12. The highest BCUT2D eigenvalue weighted by Gasteiger charge is 2.22. The number of unbranched alkanes of at least 4 members (excludes halogenated alkanes) is 1. The van der Waals surface area contributed by atoms with Gasteiger partial charge in [-0.2, -0.15) is 0 Å². The maximum atomic E-state index is 12.2. The van der Waals surface area contributed by atoms with Crippen molar-refractivity contribution in [2.24, 2.45) is 5.41 Å². The fourth-order valence-electron chi connectivity index (χ4n) is 3.70. The first-order valence-corrected chi connectivity index (χ1v) is 13.4. The van der Waals surface area contributed by atoms with E-state index in [1.54, 1.807) is 30.5 Å². The lowest BCUT2D eigenvalue weighted by Crippen LogP contribution is -2.30. The van der Waals surface area contributed by atoms with Gasteiger partial charge in [0.15, 0.2) is 0 Å². The zero-order valence-corrected chi connectivity index (χ0v) is 24.1. The first-order valence-electron chi connectivity index (χ1n) is 13.4. The fourth-order valence-corrected chi connectivity index (χ4v) is 3.70. The minimum atomic E-state index is -1.03. The van der Waals surface area contributed by atoms with Crippen molar-refractivity contribution >= 4 is 17.6 Å². The van der Waals surface area contributed by atoms with Gasteiger partial charge in [0, 0.05) is 24.1 Å². The number of nitro benzene ring substituents is 1. The molecule has 1 aromatic heterocycles. The number of aryl methyl sites for hydroxylation is 1. The average molecular weight is 553 g/mol. The van der Waals surface area contributed by atoms with Gasteiger partial charge in [0.25, 0.3) is 5.69 Å². The zero-order valence-electron chi connectivity index (χ0n) is 24.1. The highest BCUT2D eigenvalue weighted by Crippen LogP contribution is 2.27. The van der Waals surface area contributed by atoms with Gasteiger partial charge in [0.2, 0.25) is 5.91 Å². The second-order valence-electron chi connectivity index (χ2n) is 10.4. The molecule has 10 heteroatoms. The maximum absolute atomic E-state index is 12.2. The molecule has 1 unspecified atom stereocenters. The van der Waals surface area contributed by atoms with Crippen LogP contribution in [0.2, 0.25) is 0 Å². The number of ether oxygens (including phenoxy) is 1. The molecule has 1 atom stereocenters. The van der Waals surface area contributed by atoms with E-state index in [2.05, 4.69) is 43.0 Å². The summed E-state index contributed by atoms with van der Waals surface area (Å²) in [6, 6.07) is 11.2. The number of carboxylic acids is 1. The van der Waals surface area contributed by atoms with Crippen molar-refractivity contribution in [2.75, 3.05) is 6.61 Å². The Morgan fingerprint density at radius 3 is 2.38 bits per heavy atom. The molecule has 1 amide bonds. The number of nitrogens with one attached hydrogen (secondary N) is 2. The van der Waals surface area contributed by atoms with E-state index >= 15 is 0 Å². The monoisotopic (exact) mass is 552 g/mol. The van der Waals surface area contributed by atoms with Crippen LogP contribution in [0.25, 0.3) is 11.3 Å². The summed E-state index contributed by atoms with van der Waals surface area (Å²) in [5.41, 5.74) is 2.68. The second kappa shape index (κ2) is 14.8. The topological polar surface area (TPSA) is 147 Å². The number of nitrogens with zero attached hydrogens (tertiary/aromatic N) is 2. The van der Waals surface area contributed by atoms with Gasteiger partial charge in [-0.1, -0.05) is 46.6 Å². The van der Waals surface area contributed by atoms with Gasteiger partial charge in [-0.25, -0.2) is 9.78 Å². The van der Waals surface area contributed by atoms with Crippen molar-refractivity contribution < 1.29 is 24.4 Å². The van der Waals surface area contributed by atoms with E-state index in [0.717, 1.165) is 41.9 Å². The molecular formula is C30H40N4O6. The zero-order chi connectivity index (χ0) is 29.9. The number of hydrogen-bond donors (Lipinski definition) is 3. The largest absolute Gasteiger partial charge is 0.493 e. The molecule has 0 aliphatic heterocycles. The van der Waals surface area contributed by atoms with Crippen molar-refractivity contribution in [1.82, 2.24) is 15.3 Å². The molecule has 0 aliphatic rings. The fraction of sp³-hybridized carbons (Fsp3) is 0.433. The quantitative estimate of drug-likeness (QED) is 0.126. The molecule has 0 aliphatic carbocycles. The molecule has 2 aromatic carbocycles. The van der Waals surface area contributed by atoms with Crippen LogP contribution in [0.15, 0.2) is 48.7 Å². The molecule has 3 N–H and O–H groups in total. The summed E-state index contributed by atoms with van der Waals surface area (Å²) in [6.45, 7) is 12.4. The van der Waals surface area contributed by atoms with Crippen LogP contribution in [0.3, 0.4) is 0 Å². The molecule has 0 saturated carbocycles. The number of nitro groups is 1. The Balaban J connectivity index is 0.000000315. The number of carboxylic acid groups (broad SMARTS) is 1. The number of non-ortho nitro benzene ring substituents is 1. The van der Waals surface area contributed by atoms with E-state index in [-0.39, 0.29) is 28.6 Å². The normalized spacial score (nSPS) is 11.7. The summed E-state index contributed by atoms with van der Waals surface area (Å²) in [5.74, 6) is 0.136. The van der Waals surface area contributed by atoms with Gasteiger partial charge in [0.05, 0.1) is 29.5 Å². The van der Waals surface area contributed by atoms with Crippen molar-refractivity contribution in [2.45, 2.75) is 73.3 Å². The third-order valence-corrected chi connectivity index (χ3v) is 6.56. The molecule has 0 radical (unpaired) electrons. The molecule has 3 rings (SSSR count). The van der Waals surface area contributed by atoms with Crippen LogP contribution < -0.4 is 10.1 Å². The van der Waals surface area contributed by atoms with E-state index in [1.807, 2.05) is 19.9 Å². The minimum absolute atomic E-state index is 0.0282. The Kier molecular flexibility index (Phi) is 11.8. The highest BCUT2D eigenvalue weighted by molar-refractivity contribution is 5.91. The Bertz CT molecular complexity index is 1280. The third kappa shape index (κ3) is 9.83. The van der Waals surface area contributed by atoms with Crippen LogP contribution >= 0.6 is 0 Å². The van der Waals surface area contributed by atoms with Crippen LogP contribution in [-0.2, 0) is 4.79 Å². The highest BCUT2D eigenvalue weighted by atomic mass is 16.6. The van der Waals surface area contributed by atoms with E-state index in [1.165, 1.54) is 12.1 Å². The lowest BCUT2D eigenvalue weighted by molar-refractivity contribution is -0.384. The first-order chi connectivity index (χ1) is 18.9. The first kappa shape index (κ1) is 32.0. The predicted octanol–water partition coefficient (Wildman–Crippen LogP) is 6.86. The second-order valence-corrected chi connectivity index (χ2v) is 10.4. The molecular weight excluding hydrogens is 512 g/mol. The number of carbonyl (C=O) groups is 2. The van der Waals surface area contributed by atoms with Crippen molar-refractivity contribution in [1.29, 1.82) is 0 Å². The molecule has 10 nitrogen and oxygen atoms in total. The van der Waals surface area contributed by atoms with Gasteiger partial charge < -0.3 is 20.1 Å². The number of benzene rings is 2. The van der Waals surface area contributed by atoms with Gasteiger partial charge >= 0.3 is 5.97 Å².